The molecule has 2 aliphatic carbocycles. The number of fused-ring (bicyclic) bond motifs is 1. The molecular formula is C18H30N2O2. The second kappa shape index (κ2) is 6.12. The largest absolute Gasteiger partial charge is 0.371 e. The van der Waals surface area contributed by atoms with Crippen molar-refractivity contribution >= 4 is 5.91 Å². The van der Waals surface area contributed by atoms with E-state index in [0.717, 1.165) is 44.5 Å². The first-order chi connectivity index (χ1) is 10.8. The fraction of sp³-hybridized carbons (Fsp3) is 0.944. The van der Waals surface area contributed by atoms with E-state index in [2.05, 4.69) is 4.90 Å². The van der Waals surface area contributed by atoms with Gasteiger partial charge in [-0.15, -0.1) is 0 Å². The summed E-state index contributed by atoms with van der Waals surface area (Å²) in [5.74, 6) is 1.02. The third-order valence-corrected chi connectivity index (χ3v) is 6.73. The van der Waals surface area contributed by atoms with Crippen molar-refractivity contribution < 1.29 is 9.53 Å². The van der Waals surface area contributed by atoms with Crippen LogP contribution in [0.2, 0.25) is 0 Å². The Bertz CT molecular complexity index is 417. The van der Waals surface area contributed by atoms with Crippen LogP contribution in [0.3, 0.4) is 0 Å². The SMILES string of the molecule is O=C(COC[C@]12CCC[C@H]1CN(C1CCC1)C2)N1CCCC1. The van der Waals surface area contributed by atoms with Crippen LogP contribution in [0.15, 0.2) is 0 Å². The fourth-order valence-electron chi connectivity index (χ4n) is 5.12. The number of carbonyl (C=O) groups is 1. The van der Waals surface area contributed by atoms with Gasteiger partial charge >= 0.3 is 0 Å². The molecule has 0 aromatic heterocycles. The molecule has 2 aliphatic heterocycles. The maximum Gasteiger partial charge on any atom is 0.248 e. The molecule has 22 heavy (non-hydrogen) atoms. The molecule has 4 heteroatoms. The molecule has 0 unspecified atom stereocenters. The summed E-state index contributed by atoms with van der Waals surface area (Å²) in [5, 5.41) is 0. The topological polar surface area (TPSA) is 32.8 Å². The van der Waals surface area contributed by atoms with Crippen molar-refractivity contribution in [1.82, 2.24) is 9.80 Å². The molecule has 0 aromatic rings. The summed E-state index contributed by atoms with van der Waals surface area (Å²) in [4.78, 5) is 16.8. The number of nitrogens with zero attached hydrogens (tertiary/aromatic N) is 2. The Kier molecular flexibility index (Phi) is 4.16. The van der Waals surface area contributed by atoms with E-state index >= 15 is 0 Å². The maximum absolute atomic E-state index is 12.1. The molecule has 0 radical (unpaired) electrons. The Balaban J connectivity index is 1.29. The van der Waals surface area contributed by atoms with Gasteiger partial charge in [-0.3, -0.25) is 9.69 Å². The number of hydrogen-bond donors (Lipinski definition) is 0. The van der Waals surface area contributed by atoms with Crippen molar-refractivity contribution in [3.8, 4) is 0 Å². The second-order valence-electron chi connectivity index (χ2n) is 8.05. The first-order valence-electron chi connectivity index (χ1n) is 9.36. The van der Waals surface area contributed by atoms with Gasteiger partial charge in [0.15, 0.2) is 0 Å². The van der Waals surface area contributed by atoms with Gasteiger partial charge in [0, 0.05) is 37.6 Å². The van der Waals surface area contributed by atoms with Crippen LogP contribution < -0.4 is 0 Å². The second-order valence-corrected chi connectivity index (χ2v) is 8.05. The van der Waals surface area contributed by atoms with Gasteiger partial charge in [-0.1, -0.05) is 12.8 Å². The zero-order chi connectivity index (χ0) is 15.0. The van der Waals surface area contributed by atoms with Crippen LogP contribution in [0.25, 0.3) is 0 Å². The van der Waals surface area contributed by atoms with E-state index in [-0.39, 0.29) is 5.91 Å². The maximum atomic E-state index is 12.1. The van der Waals surface area contributed by atoms with Crippen molar-refractivity contribution in [2.45, 2.75) is 57.4 Å². The average molecular weight is 306 g/mol. The smallest absolute Gasteiger partial charge is 0.248 e. The molecule has 4 nitrogen and oxygen atoms in total. The third-order valence-electron chi connectivity index (χ3n) is 6.73. The molecule has 2 saturated heterocycles. The lowest BCUT2D eigenvalue weighted by molar-refractivity contribution is -0.136. The van der Waals surface area contributed by atoms with Gasteiger partial charge in [-0.2, -0.15) is 0 Å². The average Bonchev–Trinajstić information content (AvgIpc) is 3.11. The van der Waals surface area contributed by atoms with E-state index in [1.54, 1.807) is 0 Å². The van der Waals surface area contributed by atoms with Crippen LogP contribution in [0, 0.1) is 11.3 Å². The molecule has 0 N–H and O–H groups in total. The Morgan fingerprint density at radius 1 is 1.09 bits per heavy atom. The number of rotatable bonds is 5. The quantitative estimate of drug-likeness (QED) is 0.781. The van der Waals surface area contributed by atoms with E-state index in [4.69, 9.17) is 4.74 Å². The van der Waals surface area contributed by atoms with Gasteiger partial charge in [-0.05, 0) is 44.4 Å². The van der Waals surface area contributed by atoms with Crippen molar-refractivity contribution in [3.63, 3.8) is 0 Å². The van der Waals surface area contributed by atoms with Gasteiger partial charge in [0.1, 0.15) is 6.61 Å². The summed E-state index contributed by atoms with van der Waals surface area (Å²) in [6, 6.07) is 0.855. The highest BCUT2D eigenvalue weighted by molar-refractivity contribution is 5.77. The van der Waals surface area contributed by atoms with Gasteiger partial charge in [0.05, 0.1) is 6.61 Å². The molecule has 4 aliphatic rings. The van der Waals surface area contributed by atoms with Crippen LogP contribution >= 0.6 is 0 Å². The van der Waals surface area contributed by atoms with Crippen LogP contribution in [0.5, 0.6) is 0 Å². The summed E-state index contributed by atoms with van der Waals surface area (Å²) in [6.07, 6.45) is 10.6. The van der Waals surface area contributed by atoms with Crippen LogP contribution in [-0.4, -0.2) is 61.1 Å². The Hall–Kier alpha value is -0.610. The number of amides is 1. The summed E-state index contributed by atoms with van der Waals surface area (Å²) in [6.45, 7) is 5.49. The van der Waals surface area contributed by atoms with Crippen LogP contribution in [-0.2, 0) is 9.53 Å². The highest BCUT2D eigenvalue weighted by atomic mass is 16.5. The normalized spacial score (nSPS) is 35.8. The fourth-order valence-corrected chi connectivity index (χ4v) is 5.12. The first kappa shape index (κ1) is 14.9. The monoisotopic (exact) mass is 306 g/mol. The minimum Gasteiger partial charge on any atom is -0.371 e. The molecule has 124 valence electrons. The predicted octanol–water partition coefficient (Wildman–Crippen LogP) is 2.28. The predicted molar refractivity (Wildman–Crippen MR) is 85.6 cm³/mol. The zero-order valence-electron chi connectivity index (χ0n) is 13.8. The van der Waals surface area contributed by atoms with E-state index in [9.17, 15) is 4.79 Å². The van der Waals surface area contributed by atoms with Crippen LogP contribution in [0.1, 0.15) is 51.4 Å². The first-order valence-corrected chi connectivity index (χ1v) is 9.36. The van der Waals surface area contributed by atoms with Crippen molar-refractivity contribution in [1.29, 1.82) is 0 Å². The van der Waals surface area contributed by atoms with E-state index in [1.165, 1.54) is 51.6 Å². The number of hydrogen-bond acceptors (Lipinski definition) is 3. The van der Waals surface area contributed by atoms with E-state index in [1.807, 2.05) is 4.90 Å². The summed E-state index contributed by atoms with van der Waals surface area (Å²) >= 11 is 0. The Labute approximate surface area is 134 Å². The Morgan fingerprint density at radius 2 is 1.91 bits per heavy atom. The van der Waals surface area contributed by atoms with Crippen LogP contribution in [0.4, 0.5) is 0 Å². The van der Waals surface area contributed by atoms with E-state index in [0.29, 0.717) is 12.0 Å². The minimum absolute atomic E-state index is 0.206. The molecule has 0 bridgehead atoms. The third kappa shape index (κ3) is 2.69. The summed E-state index contributed by atoms with van der Waals surface area (Å²) in [7, 11) is 0. The van der Waals surface area contributed by atoms with Gasteiger partial charge in [0.25, 0.3) is 0 Å². The van der Waals surface area contributed by atoms with Gasteiger partial charge in [0.2, 0.25) is 5.91 Å². The molecule has 1 amide bonds. The molecule has 2 saturated carbocycles. The summed E-state index contributed by atoms with van der Waals surface area (Å²) < 4.78 is 5.96. The standard InChI is InChI=1S/C18H30N2O2/c21-17(19-9-1-2-10-19)12-22-14-18-8-4-5-15(18)11-20(13-18)16-6-3-7-16/h15-16H,1-14H2/t15-,18+/m0/s1. The number of ether oxygens (including phenoxy) is 1. The zero-order valence-corrected chi connectivity index (χ0v) is 13.8. The van der Waals surface area contributed by atoms with E-state index < -0.39 is 0 Å². The van der Waals surface area contributed by atoms with Crippen molar-refractivity contribution in [3.05, 3.63) is 0 Å². The number of likely N-dealkylation sites (tertiary alicyclic amines) is 2. The minimum atomic E-state index is 0.206. The summed E-state index contributed by atoms with van der Waals surface area (Å²) in [5.41, 5.74) is 0.362. The van der Waals surface area contributed by atoms with Crippen molar-refractivity contribution in [2.75, 3.05) is 39.4 Å². The van der Waals surface area contributed by atoms with Gasteiger partial charge < -0.3 is 9.64 Å². The lowest BCUT2D eigenvalue weighted by atomic mass is 9.81. The molecular weight excluding hydrogens is 276 g/mol. The molecule has 0 spiro atoms. The molecule has 4 fully saturated rings. The molecule has 0 aromatic carbocycles. The Morgan fingerprint density at radius 3 is 2.64 bits per heavy atom. The molecule has 2 atom stereocenters. The highest BCUT2D eigenvalue weighted by Gasteiger charge is 2.51. The van der Waals surface area contributed by atoms with Crippen molar-refractivity contribution in [2.24, 2.45) is 11.3 Å². The molecule has 4 rings (SSSR count). The lowest BCUT2D eigenvalue weighted by Crippen LogP contribution is -2.41. The number of carbonyl (C=O) groups excluding carboxylic acids is 1. The van der Waals surface area contributed by atoms with Gasteiger partial charge in [-0.25, -0.2) is 0 Å². The lowest BCUT2D eigenvalue weighted by Gasteiger charge is -2.36. The molecule has 2 heterocycles. The highest BCUT2D eigenvalue weighted by Crippen LogP contribution is 2.50.